The van der Waals surface area contributed by atoms with Crippen LogP contribution in [0.1, 0.15) is 35.4 Å². The van der Waals surface area contributed by atoms with Crippen molar-refractivity contribution >= 4 is 23.7 Å². The number of aliphatic carboxylic acids is 1. The molecule has 0 fully saturated rings. The molecule has 0 radical (unpaired) electrons. The molecule has 1 aliphatic carbocycles. The fourth-order valence-electron chi connectivity index (χ4n) is 4.24. The number of anilines is 1. The van der Waals surface area contributed by atoms with Gasteiger partial charge in [-0.2, -0.15) is 0 Å². The number of amides is 2. The monoisotopic (exact) mass is 474 g/mol. The van der Waals surface area contributed by atoms with E-state index < -0.39 is 36.5 Å². The van der Waals surface area contributed by atoms with E-state index in [9.17, 15) is 14.4 Å². The number of hydrogen-bond donors (Lipinski definition) is 4. The molecule has 0 saturated carbocycles. The lowest BCUT2D eigenvalue weighted by molar-refractivity contribution is -0.143. The van der Waals surface area contributed by atoms with Crippen LogP contribution >= 0.6 is 0 Å². The molecule has 0 spiro atoms. The van der Waals surface area contributed by atoms with Gasteiger partial charge < -0.3 is 20.3 Å². The molecule has 3 aromatic carbocycles. The lowest BCUT2D eigenvalue weighted by Gasteiger charge is -2.17. The highest BCUT2D eigenvalue weighted by Crippen LogP contribution is 2.44. The molecule has 8 heteroatoms. The zero-order valence-electron chi connectivity index (χ0n) is 19.1. The molecule has 4 N–H and O–H groups in total. The fraction of sp³-hybridized carbons (Fsp3) is 0.222. The van der Waals surface area contributed by atoms with Crippen LogP contribution in [0.5, 0.6) is 0 Å². The highest BCUT2D eigenvalue weighted by atomic mass is 16.5. The van der Waals surface area contributed by atoms with Crippen LogP contribution in [0.3, 0.4) is 0 Å². The second-order valence-electron chi connectivity index (χ2n) is 8.38. The molecular weight excluding hydrogens is 448 g/mol. The number of ether oxygens (including phenoxy) is 1. The lowest BCUT2D eigenvalue weighted by Crippen LogP contribution is -2.44. The Morgan fingerprint density at radius 2 is 1.49 bits per heavy atom. The second kappa shape index (κ2) is 10.4. The Morgan fingerprint density at radius 1 is 0.914 bits per heavy atom. The first kappa shape index (κ1) is 24.0. The Hall–Kier alpha value is -4.17. The molecule has 2 amide bonds. The number of rotatable bonds is 8. The van der Waals surface area contributed by atoms with Gasteiger partial charge in [-0.05, 0) is 46.9 Å². The van der Waals surface area contributed by atoms with Gasteiger partial charge in [0.25, 0.3) is 0 Å². The van der Waals surface area contributed by atoms with E-state index in [-0.39, 0.29) is 12.5 Å². The number of carboxylic acid groups (broad SMARTS) is 1. The van der Waals surface area contributed by atoms with Crippen LogP contribution < -0.4 is 10.6 Å². The molecule has 1 unspecified atom stereocenters. The van der Waals surface area contributed by atoms with Crippen molar-refractivity contribution in [3.8, 4) is 11.1 Å². The van der Waals surface area contributed by atoms with E-state index >= 15 is 0 Å². The summed E-state index contributed by atoms with van der Waals surface area (Å²) in [5, 5.41) is 23.0. The molecule has 180 valence electrons. The number of carbonyl (C=O) groups excluding carboxylic acids is 2. The van der Waals surface area contributed by atoms with Crippen LogP contribution in [-0.4, -0.2) is 47.4 Å². The van der Waals surface area contributed by atoms with Gasteiger partial charge in [-0.25, -0.2) is 9.59 Å². The third-order valence-electron chi connectivity index (χ3n) is 6.19. The van der Waals surface area contributed by atoms with Gasteiger partial charge in [0.2, 0.25) is 5.91 Å². The Morgan fingerprint density at radius 3 is 2.03 bits per heavy atom. The average molecular weight is 475 g/mol. The van der Waals surface area contributed by atoms with E-state index in [0.29, 0.717) is 11.3 Å². The first-order chi connectivity index (χ1) is 16.9. The molecule has 4 rings (SSSR count). The summed E-state index contributed by atoms with van der Waals surface area (Å²) >= 11 is 0. The standard InChI is InChI=1S/C27H26N2O6/c1-16(25(31)29-24(14-30)26(32)33)17-10-12-18(13-11-17)28-27(34)35-15-23-21-8-4-2-6-19(21)20-7-3-5-9-22(20)23/h2-13,16,23-24,30H,14-15H2,1H3,(H,28,34)(H,29,31)(H,32,33)/t16?,24-/m0/s1. The minimum absolute atomic E-state index is 0.0385. The van der Waals surface area contributed by atoms with Gasteiger partial charge in [0.05, 0.1) is 12.5 Å². The maximum atomic E-state index is 12.5. The molecular formula is C27H26N2O6. The topological polar surface area (TPSA) is 125 Å². The summed E-state index contributed by atoms with van der Waals surface area (Å²) in [6.45, 7) is 1.13. The number of benzene rings is 3. The summed E-state index contributed by atoms with van der Waals surface area (Å²) in [7, 11) is 0. The lowest BCUT2D eigenvalue weighted by atomic mass is 9.98. The maximum Gasteiger partial charge on any atom is 0.411 e. The minimum Gasteiger partial charge on any atom is -0.480 e. The van der Waals surface area contributed by atoms with Crippen molar-refractivity contribution < 1.29 is 29.3 Å². The van der Waals surface area contributed by atoms with Gasteiger partial charge in [0.15, 0.2) is 0 Å². The number of nitrogens with one attached hydrogen (secondary N) is 2. The van der Waals surface area contributed by atoms with E-state index in [1.165, 1.54) is 0 Å². The zero-order valence-corrected chi connectivity index (χ0v) is 19.1. The average Bonchev–Trinajstić information content (AvgIpc) is 3.19. The SMILES string of the molecule is CC(C(=O)N[C@@H](CO)C(=O)O)c1ccc(NC(=O)OCC2c3ccccc3-c3ccccc32)cc1. The molecule has 3 aromatic rings. The van der Waals surface area contributed by atoms with Crippen LogP contribution in [0.25, 0.3) is 11.1 Å². The van der Waals surface area contributed by atoms with Crippen molar-refractivity contribution in [1.82, 2.24) is 5.32 Å². The molecule has 2 atom stereocenters. The van der Waals surface area contributed by atoms with Crippen LogP contribution in [0.4, 0.5) is 10.5 Å². The summed E-state index contributed by atoms with van der Waals surface area (Å²) in [6, 6.07) is 21.4. The van der Waals surface area contributed by atoms with E-state index in [4.69, 9.17) is 14.9 Å². The van der Waals surface area contributed by atoms with Crippen molar-refractivity contribution in [2.75, 3.05) is 18.5 Å². The third-order valence-corrected chi connectivity index (χ3v) is 6.19. The molecule has 0 aliphatic heterocycles. The minimum atomic E-state index is -1.36. The molecule has 0 heterocycles. The summed E-state index contributed by atoms with van der Waals surface area (Å²) in [6.07, 6.45) is -0.586. The first-order valence-electron chi connectivity index (χ1n) is 11.2. The number of fused-ring (bicyclic) bond motifs is 3. The molecule has 8 nitrogen and oxygen atoms in total. The van der Waals surface area contributed by atoms with Gasteiger partial charge in [0.1, 0.15) is 12.6 Å². The Labute approximate surface area is 202 Å². The Bertz CT molecular complexity index is 1190. The molecule has 35 heavy (non-hydrogen) atoms. The Kier molecular flexibility index (Phi) is 7.12. The van der Waals surface area contributed by atoms with Gasteiger partial charge in [-0.1, -0.05) is 60.7 Å². The number of aliphatic hydroxyl groups is 1. The van der Waals surface area contributed by atoms with E-state index in [1.54, 1.807) is 31.2 Å². The van der Waals surface area contributed by atoms with E-state index in [2.05, 4.69) is 34.9 Å². The van der Waals surface area contributed by atoms with Gasteiger partial charge in [0, 0.05) is 11.6 Å². The largest absolute Gasteiger partial charge is 0.480 e. The number of carbonyl (C=O) groups is 3. The van der Waals surface area contributed by atoms with Crippen molar-refractivity contribution in [3.63, 3.8) is 0 Å². The predicted molar refractivity (Wildman–Crippen MR) is 130 cm³/mol. The van der Waals surface area contributed by atoms with Crippen LogP contribution in [-0.2, 0) is 14.3 Å². The molecule has 1 aliphatic rings. The van der Waals surface area contributed by atoms with Crippen LogP contribution in [0, 0.1) is 0 Å². The zero-order chi connectivity index (χ0) is 24.9. The summed E-state index contributed by atoms with van der Waals surface area (Å²) in [5.41, 5.74) is 5.69. The predicted octanol–water partition coefficient (Wildman–Crippen LogP) is 3.71. The van der Waals surface area contributed by atoms with E-state index in [0.717, 1.165) is 22.3 Å². The molecule has 0 saturated heterocycles. The Balaban J connectivity index is 1.35. The number of hydrogen-bond acceptors (Lipinski definition) is 5. The highest BCUT2D eigenvalue weighted by Gasteiger charge is 2.29. The quantitative estimate of drug-likeness (QED) is 0.394. The normalized spacial score (nSPS) is 13.8. The summed E-state index contributed by atoms with van der Waals surface area (Å²) in [4.78, 5) is 35.8. The van der Waals surface area contributed by atoms with Crippen molar-refractivity contribution in [3.05, 3.63) is 89.5 Å². The molecule has 0 bridgehead atoms. The number of carboxylic acids is 1. The van der Waals surface area contributed by atoms with Crippen LogP contribution in [0.15, 0.2) is 72.8 Å². The van der Waals surface area contributed by atoms with E-state index in [1.807, 2.05) is 24.3 Å². The van der Waals surface area contributed by atoms with Gasteiger partial charge in [-0.3, -0.25) is 10.1 Å². The van der Waals surface area contributed by atoms with Gasteiger partial charge in [-0.15, -0.1) is 0 Å². The van der Waals surface area contributed by atoms with Crippen molar-refractivity contribution in [2.24, 2.45) is 0 Å². The van der Waals surface area contributed by atoms with Gasteiger partial charge >= 0.3 is 12.1 Å². The highest BCUT2D eigenvalue weighted by molar-refractivity contribution is 5.88. The van der Waals surface area contributed by atoms with Crippen molar-refractivity contribution in [2.45, 2.75) is 24.8 Å². The van der Waals surface area contributed by atoms with Crippen LogP contribution in [0.2, 0.25) is 0 Å². The third kappa shape index (κ3) is 5.17. The smallest absolute Gasteiger partial charge is 0.411 e. The summed E-state index contributed by atoms with van der Waals surface area (Å²) in [5.74, 6) is -2.52. The van der Waals surface area contributed by atoms with Crippen molar-refractivity contribution in [1.29, 1.82) is 0 Å². The first-order valence-corrected chi connectivity index (χ1v) is 11.2. The molecule has 0 aromatic heterocycles. The second-order valence-corrected chi connectivity index (χ2v) is 8.38. The maximum absolute atomic E-state index is 12.5. The summed E-state index contributed by atoms with van der Waals surface area (Å²) < 4.78 is 5.54. The number of aliphatic hydroxyl groups excluding tert-OH is 1. The fourth-order valence-corrected chi connectivity index (χ4v) is 4.24.